The number of hydrogen-bond donors (Lipinski definition) is 3. The molecule has 0 atom stereocenters. The zero-order valence-electron chi connectivity index (χ0n) is 11.8. The highest BCUT2D eigenvalue weighted by atomic mass is 35.5. The summed E-state index contributed by atoms with van der Waals surface area (Å²) in [5.74, 6) is -0.553. The first-order valence-corrected chi connectivity index (χ1v) is 7.04. The fourth-order valence-corrected chi connectivity index (χ4v) is 2.51. The number of halogens is 1. The Labute approximate surface area is 129 Å². The number of nitrogens with one attached hydrogen (secondary N) is 1. The van der Waals surface area contributed by atoms with Crippen LogP contribution in [-0.4, -0.2) is 12.5 Å². The highest BCUT2D eigenvalue weighted by molar-refractivity contribution is 6.34. The molecule has 0 heterocycles. The Morgan fingerprint density at radius 3 is 2.67 bits per heavy atom. The fourth-order valence-electron chi connectivity index (χ4n) is 2.21. The van der Waals surface area contributed by atoms with Crippen molar-refractivity contribution in [3.8, 4) is 0 Å². The summed E-state index contributed by atoms with van der Waals surface area (Å²) in [5.41, 5.74) is 14.8. The Morgan fingerprint density at radius 1 is 1.29 bits per heavy atom. The molecule has 0 bridgehead atoms. The van der Waals surface area contributed by atoms with Crippen molar-refractivity contribution in [2.75, 3.05) is 17.6 Å². The highest BCUT2D eigenvalue weighted by Gasteiger charge is 2.13. The predicted molar refractivity (Wildman–Crippen MR) is 87.8 cm³/mol. The van der Waals surface area contributed by atoms with Gasteiger partial charge in [0.25, 0.3) is 5.91 Å². The van der Waals surface area contributed by atoms with E-state index in [0.29, 0.717) is 28.5 Å². The van der Waals surface area contributed by atoms with Crippen molar-refractivity contribution in [1.82, 2.24) is 0 Å². The maximum Gasteiger partial charge on any atom is 0.250 e. The molecule has 0 unspecified atom stereocenters. The Balaban J connectivity index is 2.13. The number of carbonyl (C=O) groups excluding carboxylic acids is 1. The molecule has 0 saturated carbocycles. The molecule has 0 aliphatic heterocycles. The summed E-state index contributed by atoms with van der Waals surface area (Å²) in [6.07, 6.45) is 0.825. The van der Waals surface area contributed by atoms with E-state index in [4.69, 9.17) is 23.1 Å². The quantitative estimate of drug-likeness (QED) is 0.743. The van der Waals surface area contributed by atoms with E-state index in [0.717, 1.165) is 6.42 Å². The van der Waals surface area contributed by atoms with E-state index in [-0.39, 0.29) is 0 Å². The summed E-state index contributed by atoms with van der Waals surface area (Å²) >= 11 is 6.14. The van der Waals surface area contributed by atoms with Gasteiger partial charge < -0.3 is 16.8 Å². The Hall–Kier alpha value is -2.20. The van der Waals surface area contributed by atoms with Gasteiger partial charge in [0.05, 0.1) is 16.3 Å². The summed E-state index contributed by atoms with van der Waals surface area (Å²) in [6, 6.07) is 11.3. The lowest BCUT2D eigenvalue weighted by Gasteiger charge is -2.13. The molecule has 0 aliphatic carbocycles. The number of amides is 1. The zero-order valence-corrected chi connectivity index (χ0v) is 12.6. The number of aryl methyl sites for hydroxylation is 1. The van der Waals surface area contributed by atoms with Crippen LogP contribution in [0.5, 0.6) is 0 Å². The second-order valence-electron chi connectivity index (χ2n) is 4.89. The number of benzene rings is 2. The van der Waals surface area contributed by atoms with Gasteiger partial charge in [-0.15, -0.1) is 0 Å². The molecule has 4 nitrogen and oxygen atoms in total. The minimum absolute atomic E-state index is 0.310. The van der Waals surface area contributed by atoms with Gasteiger partial charge in [0.15, 0.2) is 0 Å². The topological polar surface area (TPSA) is 81.1 Å². The van der Waals surface area contributed by atoms with E-state index < -0.39 is 5.91 Å². The number of nitrogen functional groups attached to an aromatic ring is 1. The second kappa shape index (κ2) is 6.50. The first kappa shape index (κ1) is 15.2. The van der Waals surface area contributed by atoms with Crippen molar-refractivity contribution >= 4 is 28.9 Å². The first-order valence-electron chi connectivity index (χ1n) is 6.66. The largest absolute Gasteiger partial charge is 0.399 e. The van der Waals surface area contributed by atoms with Crippen LogP contribution in [0.1, 0.15) is 21.5 Å². The van der Waals surface area contributed by atoms with Gasteiger partial charge in [-0.2, -0.15) is 0 Å². The average Bonchev–Trinajstić information content (AvgIpc) is 2.42. The number of nitrogens with two attached hydrogens (primary N) is 2. The van der Waals surface area contributed by atoms with Crippen LogP contribution in [0.25, 0.3) is 0 Å². The number of primary amides is 1. The normalized spacial score (nSPS) is 10.4. The summed E-state index contributed by atoms with van der Waals surface area (Å²) in [5, 5.41) is 3.57. The highest BCUT2D eigenvalue weighted by Crippen LogP contribution is 2.29. The van der Waals surface area contributed by atoms with Gasteiger partial charge in [-0.3, -0.25) is 4.79 Å². The lowest BCUT2D eigenvalue weighted by Crippen LogP contribution is -2.16. The molecule has 2 aromatic rings. The van der Waals surface area contributed by atoms with Gasteiger partial charge in [-0.1, -0.05) is 35.9 Å². The third-order valence-corrected chi connectivity index (χ3v) is 3.63. The Bertz CT molecular complexity index is 671. The summed E-state index contributed by atoms with van der Waals surface area (Å²) < 4.78 is 0. The number of rotatable bonds is 5. The molecule has 110 valence electrons. The number of carbonyl (C=O) groups is 1. The van der Waals surface area contributed by atoms with Crippen LogP contribution in [0.3, 0.4) is 0 Å². The van der Waals surface area contributed by atoms with Gasteiger partial charge in [-0.25, -0.2) is 0 Å². The third-order valence-electron chi connectivity index (χ3n) is 3.34. The molecule has 5 N–H and O–H groups in total. The van der Waals surface area contributed by atoms with Crippen molar-refractivity contribution in [2.24, 2.45) is 5.73 Å². The van der Waals surface area contributed by atoms with Crippen molar-refractivity contribution in [3.05, 3.63) is 58.1 Å². The van der Waals surface area contributed by atoms with Crippen molar-refractivity contribution in [1.29, 1.82) is 0 Å². The van der Waals surface area contributed by atoms with Crippen LogP contribution in [0, 0.1) is 6.92 Å². The van der Waals surface area contributed by atoms with E-state index in [1.165, 1.54) is 17.2 Å². The summed E-state index contributed by atoms with van der Waals surface area (Å²) in [4.78, 5) is 11.5. The van der Waals surface area contributed by atoms with E-state index in [1.807, 2.05) is 12.1 Å². The zero-order chi connectivity index (χ0) is 15.4. The minimum atomic E-state index is -0.553. The lowest BCUT2D eigenvalue weighted by molar-refractivity contribution is 0.100. The lowest BCUT2D eigenvalue weighted by atomic mass is 10.1. The Morgan fingerprint density at radius 2 is 2.00 bits per heavy atom. The molecular formula is C16H18ClN3O. The monoisotopic (exact) mass is 303 g/mol. The van der Waals surface area contributed by atoms with Crippen molar-refractivity contribution < 1.29 is 4.79 Å². The van der Waals surface area contributed by atoms with E-state index in [9.17, 15) is 4.79 Å². The minimum Gasteiger partial charge on any atom is -0.399 e. The van der Waals surface area contributed by atoms with Gasteiger partial charge in [-0.05, 0) is 36.6 Å². The van der Waals surface area contributed by atoms with Crippen LogP contribution in [0.2, 0.25) is 5.02 Å². The predicted octanol–water partition coefficient (Wildman–Crippen LogP) is 2.98. The van der Waals surface area contributed by atoms with Gasteiger partial charge in [0.1, 0.15) is 0 Å². The van der Waals surface area contributed by atoms with Gasteiger partial charge in [0.2, 0.25) is 0 Å². The molecule has 5 heteroatoms. The van der Waals surface area contributed by atoms with Gasteiger partial charge >= 0.3 is 0 Å². The molecule has 0 fully saturated rings. The molecule has 2 aromatic carbocycles. The number of anilines is 2. The standard InChI is InChI=1S/C16H18ClN3O/c1-10-4-2-3-5-11(10)6-7-20-15-13(16(19)21)8-12(18)9-14(15)17/h2-5,8-9,20H,6-7,18H2,1H3,(H2,19,21). The summed E-state index contributed by atoms with van der Waals surface area (Å²) in [6.45, 7) is 2.72. The van der Waals surface area contributed by atoms with Gasteiger partial charge in [0, 0.05) is 12.2 Å². The van der Waals surface area contributed by atoms with Crippen LogP contribution in [0.15, 0.2) is 36.4 Å². The fraction of sp³-hybridized carbons (Fsp3) is 0.188. The SMILES string of the molecule is Cc1ccccc1CCNc1c(Cl)cc(N)cc1C(N)=O. The molecule has 21 heavy (non-hydrogen) atoms. The molecule has 2 rings (SSSR count). The third kappa shape index (κ3) is 3.67. The maximum absolute atomic E-state index is 11.5. The van der Waals surface area contributed by atoms with E-state index >= 15 is 0 Å². The van der Waals surface area contributed by atoms with Crippen molar-refractivity contribution in [3.63, 3.8) is 0 Å². The molecule has 0 saturated heterocycles. The second-order valence-corrected chi connectivity index (χ2v) is 5.30. The molecule has 1 amide bonds. The first-order chi connectivity index (χ1) is 9.99. The van der Waals surface area contributed by atoms with Crippen molar-refractivity contribution in [2.45, 2.75) is 13.3 Å². The molecule has 0 aromatic heterocycles. The number of hydrogen-bond acceptors (Lipinski definition) is 3. The molecule has 0 spiro atoms. The summed E-state index contributed by atoms with van der Waals surface area (Å²) in [7, 11) is 0. The smallest absolute Gasteiger partial charge is 0.250 e. The van der Waals surface area contributed by atoms with E-state index in [2.05, 4.69) is 24.4 Å². The van der Waals surface area contributed by atoms with Crippen LogP contribution < -0.4 is 16.8 Å². The Kier molecular flexibility index (Phi) is 4.70. The van der Waals surface area contributed by atoms with E-state index in [1.54, 1.807) is 6.07 Å². The maximum atomic E-state index is 11.5. The van der Waals surface area contributed by atoms with Crippen LogP contribution >= 0.6 is 11.6 Å². The van der Waals surface area contributed by atoms with Crippen LogP contribution in [-0.2, 0) is 6.42 Å². The molecule has 0 radical (unpaired) electrons. The molecular weight excluding hydrogens is 286 g/mol. The van der Waals surface area contributed by atoms with Crippen LogP contribution in [0.4, 0.5) is 11.4 Å². The average molecular weight is 304 g/mol. The molecule has 0 aliphatic rings.